The molecular formula is C12H11F2N. The summed E-state index contributed by atoms with van der Waals surface area (Å²) in [5.74, 6) is -1.11. The van der Waals surface area contributed by atoms with E-state index in [2.05, 4.69) is 6.58 Å². The Morgan fingerprint density at radius 1 is 1.53 bits per heavy atom. The van der Waals surface area contributed by atoms with Gasteiger partial charge >= 0.3 is 0 Å². The number of allylic oxidation sites excluding steroid dienone is 1. The van der Waals surface area contributed by atoms with Crippen molar-refractivity contribution in [2.75, 3.05) is 0 Å². The van der Waals surface area contributed by atoms with Crippen LogP contribution < -0.4 is 0 Å². The lowest BCUT2D eigenvalue weighted by molar-refractivity contribution is 0.528. The Bertz CT molecular complexity index is 420. The predicted molar refractivity (Wildman–Crippen MR) is 54.1 cm³/mol. The highest BCUT2D eigenvalue weighted by Gasteiger charge is 2.28. The van der Waals surface area contributed by atoms with Crippen LogP contribution in [0.5, 0.6) is 0 Å². The van der Waals surface area contributed by atoms with Crippen LogP contribution in [0.3, 0.4) is 0 Å². The first-order chi connectivity index (χ1) is 7.03. The van der Waals surface area contributed by atoms with E-state index in [1.165, 1.54) is 6.08 Å². The average molecular weight is 207 g/mol. The Labute approximate surface area is 87.7 Å². The van der Waals surface area contributed by atoms with Gasteiger partial charge in [0.2, 0.25) is 0 Å². The third kappa shape index (κ3) is 2.21. The molecule has 0 spiro atoms. The maximum Gasteiger partial charge on any atom is 0.128 e. The first kappa shape index (κ1) is 11.4. The minimum absolute atomic E-state index is 0.0740. The Morgan fingerprint density at radius 2 is 2.20 bits per heavy atom. The molecule has 0 amide bonds. The standard InChI is InChI=1S/C12H11F2N/c1-3-6-12(2,8-15)10-7-9(13)4-5-11(10)14/h3-5,7H,1,6H2,2H3. The van der Waals surface area contributed by atoms with E-state index in [-0.39, 0.29) is 12.0 Å². The van der Waals surface area contributed by atoms with Gasteiger partial charge in [-0.05, 0) is 31.5 Å². The van der Waals surface area contributed by atoms with Crippen molar-refractivity contribution in [3.63, 3.8) is 0 Å². The zero-order chi connectivity index (χ0) is 11.5. The summed E-state index contributed by atoms with van der Waals surface area (Å²) in [6.45, 7) is 5.07. The molecular weight excluding hydrogens is 196 g/mol. The molecule has 1 unspecified atom stereocenters. The van der Waals surface area contributed by atoms with Crippen LogP contribution in [-0.4, -0.2) is 0 Å². The number of hydrogen-bond acceptors (Lipinski definition) is 1. The van der Waals surface area contributed by atoms with Crippen molar-refractivity contribution in [1.82, 2.24) is 0 Å². The van der Waals surface area contributed by atoms with E-state index in [0.29, 0.717) is 0 Å². The minimum atomic E-state index is -1.06. The topological polar surface area (TPSA) is 23.8 Å². The molecule has 1 aromatic rings. The molecule has 3 heteroatoms. The molecule has 0 radical (unpaired) electrons. The van der Waals surface area contributed by atoms with Crippen molar-refractivity contribution in [2.24, 2.45) is 0 Å². The molecule has 0 fully saturated rings. The molecule has 0 aliphatic carbocycles. The number of halogens is 2. The van der Waals surface area contributed by atoms with Gasteiger partial charge in [0.25, 0.3) is 0 Å². The lowest BCUT2D eigenvalue weighted by Gasteiger charge is -2.20. The molecule has 15 heavy (non-hydrogen) atoms. The van der Waals surface area contributed by atoms with E-state index in [1.807, 2.05) is 6.07 Å². The van der Waals surface area contributed by atoms with Crippen LogP contribution in [0.4, 0.5) is 8.78 Å². The van der Waals surface area contributed by atoms with Crippen molar-refractivity contribution in [1.29, 1.82) is 5.26 Å². The monoisotopic (exact) mass is 207 g/mol. The second-order valence-corrected chi connectivity index (χ2v) is 3.56. The second kappa shape index (κ2) is 4.22. The lowest BCUT2D eigenvalue weighted by atomic mass is 9.80. The van der Waals surface area contributed by atoms with Crippen molar-refractivity contribution in [3.8, 4) is 6.07 Å². The van der Waals surface area contributed by atoms with Gasteiger partial charge in [-0.1, -0.05) is 6.08 Å². The van der Waals surface area contributed by atoms with Crippen LogP contribution in [0.2, 0.25) is 0 Å². The molecule has 1 nitrogen and oxygen atoms in total. The van der Waals surface area contributed by atoms with E-state index in [4.69, 9.17) is 5.26 Å². The molecule has 0 saturated carbocycles. The Morgan fingerprint density at radius 3 is 2.73 bits per heavy atom. The first-order valence-electron chi connectivity index (χ1n) is 4.51. The SMILES string of the molecule is C=CCC(C)(C#N)c1cc(F)ccc1F. The highest BCUT2D eigenvalue weighted by Crippen LogP contribution is 2.29. The third-order valence-corrected chi connectivity index (χ3v) is 2.32. The normalized spacial score (nSPS) is 14.0. The van der Waals surface area contributed by atoms with Crippen LogP contribution >= 0.6 is 0 Å². The lowest BCUT2D eigenvalue weighted by Crippen LogP contribution is -2.20. The van der Waals surface area contributed by atoms with Crippen LogP contribution in [0, 0.1) is 23.0 Å². The van der Waals surface area contributed by atoms with Gasteiger partial charge in [0.15, 0.2) is 0 Å². The number of hydrogen-bond donors (Lipinski definition) is 0. The molecule has 0 aliphatic rings. The van der Waals surface area contributed by atoms with E-state index in [1.54, 1.807) is 6.92 Å². The molecule has 0 aromatic heterocycles. The van der Waals surface area contributed by atoms with Crippen molar-refractivity contribution in [3.05, 3.63) is 48.1 Å². The molecule has 78 valence electrons. The molecule has 0 bridgehead atoms. The summed E-state index contributed by atoms with van der Waals surface area (Å²) < 4.78 is 26.4. The zero-order valence-corrected chi connectivity index (χ0v) is 8.43. The summed E-state index contributed by atoms with van der Waals surface area (Å²) in [5, 5.41) is 9.00. The van der Waals surface area contributed by atoms with Gasteiger partial charge in [0.1, 0.15) is 11.6 Å². The van der Waals surface area contributed by atoms with Gasteiger partial charge in [0, 0.05) is 5.56 Å². The minimum Gasteiger partial charge on any atom is -0.207 e. The van der Waals surface area contributed by atoms with E-state index in [0.717, 1.165) is 18.2 Å². The van der Waals surface area contributed by atoms with Crippen LogP contribution in [-0.2, 0) is 5.41 Å². The Kier molecular flexibility index (Phi) is 3.21. The number of nitriles is 1. The summed E-state index contributed by atoms with van der Waals surface area (Å²) in [4.78, 5) is 0. The summed E-state index contributed by atoms with van der Waals surface area (Å²) in [6.07, 6.45) is 1.80. The van der Waals surface area contributed by atoms with Gasteiger partial charge in [-0.15, -0.1) is 6.58 Å². The van der Waals surface area contributed by atoms with Crippen LogP contribution in [0.1, 0.15) is 18.9 Å². The first-order valence-corrected chi connectivity index (χ1v) is 4.51. The van der Waals surface area contributed by atoms with Gasteiger partial charge < -0.3 is 0 Å². The number of benzene rings is 1. The highest BCUT2D eigenvalue weighted by molar-refractivity contribution is 5.33. The molecule has 0 saturated heterocycles. The molecule has 0 aliphatic heterocycles. The maximum absolute atomic E-state index is 13.4. The van der Waals surface area contributed by atoms with Gasteiger partial charge in [-0.3, -0.25) is 0 Å². The summed E-state index contributed by atoms with van der Waals surface area (Å²) in [5.41, 5.74) is -0.988. The molecule has 1 rings (SSSR count). The van der Waals surface area contributed by atoms with Crippen molar-refractivity contribution >= 4 is 0 Å². The van der Waals surface area contributed by atoms with Gasteiger partial charge in [0.05, 0.1) is 11.5 Å². The molecule has 0 heterocycles. The fraction of sp³-hybridized carbons (Fsp3) is 0.250. The number of nitrogens with zero attached hydrogens (tertiary/aromatic N) is 1. The highest BCUT2D eigenvalue weighted by atomic mass is 19.1. The van der Waals surface area contributed by atoms with Gasteiger partial charge in [-0.2, -0.15) is 5.26 Å². The maximum atomic E-state index is 13.4. The van der Waals surface area contributed by atoms with Gasteiger partial charge in [-0.25, -0.2) is 8.78 Å². The summed E-state index contributed by atoms with van der Waals surface area (Å²) in [6, 6.07) is 5.11. The fourth-order valence-corrected chi connectivity index (χ4v) is 1.42. The Balaban J connectivity index is 3.29. The molecule has 1 atom stereocenters. The smallest absolute Gasteiger partial charge is 0.128 e. The van der Waals surface area contributed by atoms with Crippen LogP contribution in [0.25, 0.3) is 0 Å². The van der Waals surface area contributed by atoms with E-state index in [9.17, 15) is 8.78 Å². The van der Waals surface area contributed by atoms with Crippen LogP contribution in [0.15, 0.2) is 30.9 Å². The quantitative estimate of drug-likeness (QED) is 0.697. The second-order valence-electron chi connectivity index (χ2n) is 3.56. The summed E-state index contributed by atoms with van der Waals surface area (Å²) >= 11 is 0. The van der Waals surface area contributed by atoms with E-state index < -0.39 is 17.0 Å². The zero-order valence-electron chi connectivity index (χ0n) is 8.43. The summed E-state index contributed by atoms with van der Waals surface area (Å²) in [7, 11) is 0. The fourth-order valence-electron chi connectivity index (χ4n) is 1.42. The number of rotatable bonds is 3. The third-order valence-electron chi connectivity index (χ3n) is 2.32. The van der Waals surface area contributed by atoms with Crippen molar-refractivity contribution < 1.29 is 8.78 Å². The largest absolute Gasteiger partial charge is 0.207 e. The molecule has 1 aromatic carbocycles. The molecule has 0 N–H and O–H groups in total. The van der Waals surface area contributed by atoms with Crippen molar-refractivity contribution in [2.45, 2.75) is 18.8 Å². The van der Waals surface area contributed by atoms with E-state index >= 15 is 0 Å². The average Bonchev–Trinajstić information content (AvgIpc) is 2.22. The Hall–Kier alpha value is -1.69. The predicted octanol–water partition coefficient (Wildman–Crippen LogP) is 3.32.